The van der Waals surface area contributed by atoms with E-state index in [9.17, 15) is 5.11 Å². The number of hydrogen-bond donors (Lipinski definition) is 1. The summed E-state index contributed by atoms with van der Waals surface area (Å²) >= 11 is 0. The van der Waals surface area contributed by atoms with Crippen LogP contribution in [0.1, 0.15) is 22.8 Å². The number of rotatable bonds is 2. The Bertz CT molecular complexity index is 619. The van der Waals surface area contributed by atoms with Crippen LogP contribution in [0.25, 0.3) is 0 Å². The molecule has 0 aromatic heterocycles. The number of ether oxygens (including phenoxy) is 2. The minimum absolute atomic E-state index is 0.00870. The topological polar surface area (TPSA) is 38.7 Å². The SMILES string of the molecule is COc1cc([C@H]2Cc3c(C)cccc3O2)ccc1O. The average Bonchev–Trinajstić information content (AvgIpc) is 2.85. The van der Waals surface area contributed by atoms with E-state index in [1.165, 1.54) is 11.1 Å². The molecule has 3 rings (SSSR count). The first kappa shape index (κ1) is 11.9. The van der Waals surface area contributed by atoms with Crippen molar-refractivity contribution in [3.05, 3.63) is 53.1 Å². The van der Waals surface area contributed by atoms with Gasteiger partial charge in [-0.15, -0.1) is 0 Å². The summed E-state index contributed by atoms with van der Waals surface area (Å²) in [6.45, 7) is 2.10. The first-order valence-corrected chi connectivity index (χ1v) is 6.31. The molecule has 1 aliphatic heterocycles. The Morgan fingerprint density at radius 1 is 1.26 bits per heavy atom. The highest BCUT2D eigenvalue weighted by molar-refractivity contribution is 5.47. The van der Waals surface area contributed by atoms with Crippen LogP contribution in [0.4, 0.5) is 0 Å². The summed E-state index contributed by atoms with van der Waals surface area (Å²) in [5.74, 6) is 1.59. The average molecular weight is 256 g/mol. The van der Waals surface area contributed by atoms with Crippen molar-refractivity contribution >= 4 is 0 Å². The molecule has 0 aliphatic carbocycles. The van der Waals surface area contributed by atoms with Gasteiger partial charge >= 0.3 is 0 Å². The lowest BCUT2D eigenvalue weighted by Gasteiger charge is -2.12. The van der Waals surface area contributed by atoms with E-state index in [1.807, 2.05) is 24.3 Å². The normalized spacial score (nSPS) is 16.8. The Morgan fingerprint density at radius 2 is 2.11 bits per heavy atom. The predicted molar refractivity (Wildman–Crippen MR) is 72.9 cm³/mol. The van der Waals surface area contributed by atoms with Crippen molar-refractivity contribution in [3.8, 4) is 17.2 Å². The molecule has 0 saturated carbocycles. The number of benzene rings is 2. The molecule has 19 heavy (non-hydrogen) atoms. The lowest BCUT2D eigenvalue weighted by Crippen LogP contribution is -2.03. The van der Waals surface area contributed by atoms with E-state index >= 15 is 0 Å². The summed E-state index contributed by atoms with van der Waals surface area (Å²) in [6, 6.07) is 11.5. The molecule has 1 heterocycles. The van der Waals surface area contributed by atoms with Gasteiger partial charge < -0.3 is 14.6 Å². The monoisotopic (exact) mass is 256 g/mol. The highest BCUT2D eigenvalue weighted by atomic mass is 16.5. The second-order valence-electron chi connectivity index (χ2n) is 4.79. The molecule has 2 aromatic rings. The molecule has 0 radical (unpaired) electrons. The summed E-state index contributed by atoms with van der Waals surface area (Å²) in [6.07, 6.45) is 0.848. The van der Waals surface area contributed by atoms with Crippen LogP contribution in [-0.2, 0) is 6.42 Å². The van der Waals surface area contributed by atoms with Crippen molar-refractivity contribution in [2.24, 2.45) is 0 Å². The molecule has 3 nitrogen and oxygen atoms in total. The van der Waals surface area contributed by atoms with Gasteiger partial charge in [0.2, 0.25) is 0 Å². The third-order valence-corrected chi connectivity index (χ3v) is 3.60. The van der Waals surface area contributed by atoms with Gasteiger partial charge in [0.25, 0.3) is 0 Å². The maximum absolute atomic E-state index is 9.63. The van der Waals surface area contributed by atoms with Gasteiger partial charge in [-0.2, -0.15) is 0 Å². The zero-order valence-corrected chi connectivity index (χ0v) is 11.0. The standard InChI is InChI=1S/C16H16O3/c1-10-4-3-5-14-12(10)9-15(19-14)11-6-7-13(17)16(8-11)18-2/h3-8,15,17H,9H2,1-2H3/t15-/m1/s1. The van der Waals surface area contributed by atoms with Crippen LogP contribution >= 0.6 is 0 Å². The molecule has 2 aromatic carbocycles. The molecule has 0 bridgehead atoms. The smallest absolute Gasteiger partial charge is 0.160 e. The lowest BCUT2D eigenvalue weighted by molar-refractivity contribution is 0.237. The summed E-state index contributed by atoms with van der Waals surface area (Å²) in [5, 5.41) is 9.63. The quantitative estimate of drug-likeness (QED) is 0.895. The summed E-state index contributed by atoms with van der Waals surface area (Å²) < 4.78 is 11.1. The zero-order valence-electron chi connectivity index (χ0n) is 11.0. The number of phenolic OH excluding ortho intramolecular Hbond substituents is 1. The van der Waals surface area contributed by atoms with Crippen molar-refractivity contribution in [2.75, 3.05) is 7.11 Å². The first-order chi connectivity index (χ1) is 9.19. The molecule has 0 unspecified atom stereocenters. The van der Waals surface area contributed by atoms with Crippen LogP contribution < -0.4 is 9.47 Å². The fourth-order valence-corrected chi connectivity index (χ4v) is 2.51. The predicted octanol–water partition coefficient (Wildman–Crippen LogP) is 3.39. The Hall–Kier alpha value is -2.16. The molecule has 0 saturated heterocycles. The second kappa shape index (κ2) is 4.50. The molecular weight excluding hydrogens is 240 g/mol. The molecule has 0 spiro atoms. The van der Waals surface area contributed by atoms with Crippen molar-refractivity contribution < 1.29 is 14.6 Å². The molecule has 1 atom stereocenters. The second-order valence-corrected chi connectivity index (χ2v) is 4.79. The van der Waals surface area contributed by atoms with Gasteiger partial charge in [0, 0.05) is 12.0 Å². The Balaban J connectivity index is 1.93. The van der Waals surface area contributed by atoms with Crippen LogP contribution in [0, 0.1) is 6.92 Å². The minimum atomic E-state index is -0.00870. The Labute approximate surface area is 112 Å². The maximum atomic E-state index is 9.63. The van der Waals surface area contributed by atoms with E-state index in [1.54, 1.807) is 13.2 Å². The van der Waals surface area contributed by atoms with Gasteiger partial charge in [-0.25, -0.2) is 0 Å². The molecule has 0 amide bonds. The number of aromatic hydroxyl groups is 1. The van der Waals surface area contributed by atoms with E-state index < -0.39 is 0 Å². The van der Waals surface area contributed by atoms with Crippen LogP contribution in [0.15, 0.2) is 36.4 Å². The van der Waals surface area contributed by atoms with Crippen molar-refractivity contribution in [1.82, 2.24) is 0 Å². The van der Waals surface area contributed by atoms with E-state index in [0.29, 0.717) is 5.75 Å². The van der Waals surface area contributed by atoms with Gasteiger partial charge in [0.1, 0.15) is 11.9 Å². The van der Waals surface area contributed by atoms with Crippen LogP contribution in [0.5, 0.6) is 17.2 Å². The first-order valence-electron chi connectivity index (χ1n) is 6.31. The summed E-state index contributed by atoms with van der Waals surface area (Å²) in [7, 11) is 1.55. The van der Waals surface area contributed by atoms with Crippen LogP contribution in [0.2, 0.25) is 0 Å². The van der Waals surface area contributed by atoms with Gasteiger partial charge in [-0.3, -0.25) is 0 Å². The largest absolute Gasteiger partial charge is 0.504 e. The molecule has 3 heteroatoms. The molecule has 98 valence electrons. The Kier molecular flexibility index (Phi) is 2.82. The van der Waals surface area contributed by atoms with Crippen molar-refractivity contribution in [2.45, 2.75) is 19.4 Å². The molecule has 1 N–H and O–H groups in total. The van der Waals surface area contributed by atoms with Crippen LogP contribution in [-0.4, -0.2) is 12.2 Å². The fourth-order valence-electron chi connectivity index (χ4n) is 2.51. The summed E-state index contributed by atoms with van der Waals surface area (Å²) in [4.78, 5) is 0. The summed E-state index contributed by atoms with van der Waals surface area (Å²) in [5.41, 5.74) is 3.54. The zero-order chi connectivity index (χ0) is 13.4. The van der Waals surface area contributed by atoms with Gasteiger partial charge in [0.15, 0.2) is 11.5 Å². The third-order valence-electron chi connectivity index (χ3n) is 3.60. The molecule has 1 aliphatic rings. The number of hydrogen-bond acceptors (Lipinski definition) is 3. The number of methoxy groups -OCH3 is 1. The number of phenols is 1. The van der Waals surface area contributed by atoms with E-state index in [0.717, 1.165) is 17.7 Å². The maximum Gasteiger partial charge on any atom is 0.160 e. The molecule has 0 fully saturated rings. The fraction of sp³-hybridized carbons (Fsp3) is 0.250. The van der Waals surface area contributed by atoms with Crippen LogP contribution in [0.3, 0.4) is 0 Å². The number of aryl methyl sites for hydroxylation is 1. The minimum Gasteiger partial charge on any atom is -0.504 e. The van der Waals surface area contributed by atoms with Gasteiger partial charge in [-0.1, -0.05) is 18.2 Å². The van der Waals surface area contributed by atoms with Gasteiger partial charge in [-0.05, 0) is 36.2 Å². The van der Waals surface area contributed by atoms with E-state index in [2.05, 4.69) is 13.0 Å². The van der Waals surface area contributed by atoms with E-state index in [4.69, 9.17) is 9.47 Å². The molecular formula is C16H16O3. The van der Waals surface area contributed by atoms with Gasteiger partial charge in [0.05, 0.1) is 7.11 Å². The highest BCUT2D eigenvalue weighted by Gasteiger charge is 2.26. The lowest BCUT2D eigenvalue weighted by atomic mass is 10.00. The van der Waals surface area contributed by atoms with E-state index in [-0.39, 0.29) is 11.9 Å². The Morgan fingerprint density at radius 3 is 2.84 bits per heavy atom. The highest BCUT2D eigenvalue weighted by Crippen LogP contribution is 2.40. The van der Waals surface area contributed by atoms with Crippen molar-refractivity contribution in [1.29, 1.82) is 0 Å². The third kappa shape index (κ3) is 2.01. The number of fused-ring (bicyclic) bond motifs is 1. The van der Waals surface area contributed by atoms with Crippen molar-refractivity contribution in [3.63, 3.8) is 0 Å².